The first-order valence-electron chi connectivity index (χ1n) is 4.55. The maximum Gasteiger partial charge on any atom is 0.408 e. The number of nitrogens with one attached hydrogen (secondary N) is 1. The van der Waals surface area contributed by atoms with Crippen LogP contribution in [-0.2, 0) is 4.79 Å². The summed E-state index contributed by atoms with van der Waals surface area (Å²) in [4.78, 5) is 25.3. The molecule has 0 spiro atoms. The first kappa shape index (κ1) is 9.26. The van der Waals surface area contributed by atoms with Crippen LogP contribution in [0, 0.1) is 0 Å². The van der Waals surface area contributed by atoms with E-state index in [1.54, 1.807) is 0 Å². The van der Waals surface area contributed by atoms with Gasteiger partial charge in [-0.2, -0.15) is 0 Å². The molecule has 0 aromatic heterocycles. The van der Waals surface area contributed by atoms with Crippen LogP contribution in [0.1, 0.15) is 0 Å². The molecule has 6 nitrogen and oxygen atoms in total. The average molecular weight is 199 g/mol. The van der Waals surface area contributed by atoms with Gasteiger partial charge in [-0.3, -0.25) is 9.69 Å². The van der Waals surface area contributed by atoms with Gasteiger partial charge in [0, 0.05) is 13.1 Å². The fraction of sp³-hybridized carbons (Fsp3) is 0.750. The molecule has 2 saturated heterocycles. The van der Waals surface area contributed by atoms with E-state index in [4.69, 9.17) is 5.11 Å². The lowest BCUT2D eigenvalue weighted by molar-refractivity contribution is -0.125. The highest BCUT2D eigenvalue weighted by molar-refractivity contribution is 5.83. The van der Waals surface area contributed by atoms with Gasteiger partial charge >= 0.3 is 6.09 Å². The number of hydrogen-bond acceptors (Lipinski definition) is 3. The fourth-order valence-corrected chi connectivity index (χ4v) is 2.17. The first-order valence-corrected chi connectivity index (χ1v) is 4.55. The topological polar surface area (TPSA) is 72.9 Å². The summed E-state index contributed by atoms with van der Waals surface area (Å²) < 4.78 is 0. The molecule has 0 unspecified atom stereocenters. The van der Waals surface area contributed by atoms with Gasteiger partial charge in [-0.25, -0.2) is 4.79 Å². The maximum absolute atomic E-state index is 11.2. The number of nitrogens with zero attached hydrogens (tertiary/aromatic N) is 2. The molecular weight excluding hydrogens is 186 g/mol. The maximum atomic E-state index is 11.2. The van der Waals surface area contributed by atoms with Crippen LogP contribution in [0.15, 0.2) is 0 Å². The highest BCUT2D eigenvalue weighted by Crippen LogP contribution is 2.18. The Kier molecular flexibility index (Phi) is 2.07. The normalized spacial score (nSPS) is 32.6. The monoisotopic (exact) mass is 199 g/mol. The van der Waals surface area contributed by atoms with E-state index in [0.717, 1.165) is 6.54 Å². The molecule has 0 aromatic carbocycles. The summed E-state index contributed by atoms with van der Waals surface area (Å²) in [5, 5.41) is 11.7. The third-order valence-corrected chi connectivity index (χ3v) is 2.78. The van der Waals surface area contributed by atoms with Gasteiger partial charge in [0.1, 0.15) is 6.54 Å². The van der Waals surface area contributed by atoms with Crippen LogP contribution in [0.5, 0.6) is 0 Å². The Bertz CT molecular complexity index is 279. The van der Waals surface area contributed by atoms with Crippen molar-refractivity contribution in [2.24, 2.45) is 0 Å². The molecule has 0 saturated carbocycles. The van der Waals surface area contributed by atoms with Gasteiger partial charge in [0.25, 0.3) is 0 Å². The molecule has 2 fully saturated rings. The number of rotatable bonds is 0. The van der Waals surface area contributed by atoms with Crippen LogP contribution < -0.4 is 5.32 Å². The second-order valence-corrected chi connectivity index (χ2v) is 3.87. The second kappa shape index (κ2) is 3.13. The van der Waals surface area contributed by atoms with Gasteiger partial charge in [0.2, 0.25) is 5.91 Å². The number of carbonyl (C=O) groups excluding carboxylic acids is 1. The summed E-state index contributed by atoms with van der Waals surface area (Å²) in [5.74, 6) is -0.205. The Morgan fingerprint density at radius 3 is 2.93 bits per heavy atom. The standard InChI is InChI=1S/C8H13N3O3/c1-10-2-5-6(3-10)11(8(13)14)4-7(12)9-5/h5-6H,2-4H2,1H3,(H,9,12)(H,13,14)/t5-,6-/m0/s1. The fourth-order valence-electron chi connectivity index (χ4n) is 2.17. The van der Waals surface area contributed by atoms with Crippen molar-refractivity contribution >= 4 is 12.0 Å². The van der Waals surface area contributed by atoms with Crippen molar-refractivity contribution in [2.45, 2.75) is 12.1 Å². The van der Waals surface area contributed by atoms with E-state index in [9.17, 15) is 9.59 Å². The number of likely N-dealkylation sites (tertiary alicyclic amines) is 1. The Labute approximate surface area is 81.5 Å². The Morgan fingerprint density at radius 1 is 1.57 bits per heavy atom. The first-order chi connectivity index (χ1) is 6.58. The van der Waals surface area contributed by atoms with E-state index in [-0.39, 0.29) is 24.5 Å². The summed E-state index contributed by atoms with van der Waals surface area (Å²) in [5.41, 5.74) is 0. The number of hydrogen-bond donors (Lipinski definition) is 2. The lowest BCUT2D eigenvalue weighted by Crippen LogP contribution is -2.61. The lowest BCUT2D eigenvalue weighted by Gasteiger charge is -2.34. The van der Waals surface area contributed by atoms with Crippen molar-refractivity contribution in [3.63, 3.8) is 0 Å². The summed E-state index contributed by atoms with van der Waals surface area (Å²) in [6.07, 6.45) is -1.01. The van der Waals surface area contributed by atoms with Crippen LogP contribution in [0.25, 0.3) is 0 Å². The Morgan fingerprint density at radius 2 is 2.29 bits per heavy atom. The lowest BCUT2D eigenvalue weighted by atomic mass is 10.1. The number of amides is 2. The summed E-state index contributed by atoms with van der Waals surface area (Å²) in [6, 6.07) is -0.132. The quantitative estimate of drug-likeness (QED) is 0.513. The van der Waals surface area contributed by atoms with E-state index < -0.39 is 6.09 Å². The number of fused-ring (bicyclic) bond motifs is 1. The summed E-state index contributed by atoms with van der Waals surface area (Å²) in [7, 11) is 1.92. The van der Waals surface area contributed by atoms with Gasteiger partial charge in [0.15, 0.2) is 0 Å². The third-order valence-electron chi connectivity index (χ3n) is 2.78. The van der Waals surface area contributed by atoms with Crippen molar-refractivity contribution in [3.8, 4) is 0 Å². The number of carbonyl (C=O) groups is 2. The molecule has 14 heavy (non-hydrogen) atoms. The molecule has 2 atom stereocenters. The van der Waals surface area contributed by atoms with Gasteiger partial charge in [-0.15, -0.1) is 0 Å². The van der Waals surface area contributed by atoms with E-state index in [1.807, 2.05) is 11.9 Å². The van der Waals surface area contributed by atoms with Crippen molar-refractivity contribution in [2.75, 3.05) is 26.7 Å². The molecule has 2 heterocycles. The van der Waals surface area contributed by atoms with E-state index >= 15 is 0 Å². The van der Waals surface area contributed by atoms with Gasteiger partial charge in [0.05, 0.1) is 12.1 Å². The third kappa shape index (κ3) is 1.41. The van der Waals surface area contributed by atoms with Crippen LogP contribution >= 0.6 is 0 Å². The molecule has 2 N–H and O–H groups in total. The molecule has 0 aromatic rings. The highest BCUT2D eigenvalue weighted by Gasteiger charge is 2.42. The Balaban J connectivity index is 2.17. The van der Waals surface area contributed by atoms with E-state index in [2.05, 4.69) is 5.32 Å². The van der Waals surface area contributed by atoms with Crippen LogP contribution in [-0.4, -0.2) is 65.7 Å². The molecule has 2 aliphatic heterocycles. The zero-order chi connectivity index (χ0) is 10.3. The second-order valence-electron chi connectivity index (χ2n) is 3.87. The minimum absolute atomic E-state index is 0.0374. The predicted molar refractivity (Wildman–Crippen MR) is 47.9 cm³/mol. The highest BCUT2D eigenvalue weighted by atomic mass is 16.4. The molecule has 2 aliphatic rings. The molecule has 6 heteroatoms. The zero-order valence-corrected chi connectivity index (χ0v) is 7.93. The molecule has 78 valence electrons. The SMILES string of the molecule is CN1C[C@@H]2NC(=O)CN(C(=O)O)[C@H]2C1. The molecule has 0 radical (unpaired) electrons. The van der Waals surface area contributed by atoms with Gasteiger partial charge in [-0.1, -0.05) is 0 Å². The molecule has 0 aliphatic carbocycles. The molecule has 2 rings (SSSR count). The van der Waals surface area contributed by atoms with Crippen LogP contribution in [0.4, 0.5) is 4.79 Å². The van der Waals surface area contributed by atoms with Crippen LogP contribution in [0.3, 0.4) is 0 Å². The molecule has 2 amide bonds. The zero-order valence-electron chi connectivity index (χ0n) is 7.93. The average Bonchev–Trinajstić information content (AvgIpc) is 2.42. The van der Waals surface area contributed by atoms with Crippen molar-refractivity contribution in [3.05, 3.63) is 0 Å². The molecular formula is C8H13N3O3. The number of piperazine rings is 1. The summed E-state index contributed by atoms with van der Waals surface area (Å²) in [6.45, 7) is 1.38. The van der Waals surface area contributed by atoms with Crippen molar-refractivity contribution in [1.82, 2.24) is 15.1 Å². The van der Waals surface area contributed by atoms with E-state index in [1.165, 1.54) is 4.90 Å². The minimum Gasteiger partial charge on any atom is -0.465 e. The number of carboxylic acid groups (broad SMARTS) is 1. The largest absolute Gasteiger partial charge is 0.465 e. The number of likely N-dealkylation sites (N-methyl/N-ethyl adjacent to an activating group) is 1. The van der Waals surface area contributed by atoms with Crippen LogP contribution in [0.2, 0.25) is 0 Å². The van der Waals surface area contributed by atoms with Crippen molar-refractivity contribution in [1.29, 1.82) is 0 Å². The van der Waals surface area contributed by atoms with Crippen molar-refractivity contribution < 1.29 is 14.7 Å². The molecule has 0 bridgehead atoms. The van der Waals surface area contributed by atoms with Gasteiger partial charge < -0.3 is 15.3 Å². The Hall–Kier alpha value is -1.30. The van der Waals surface area contributed by atoms with Gasteiger partial charge in [-0.05, 0) is 7.05 Å². The predicted octanol–water partition coefficient (Wildman–Crippen LogP) is -1.22. The summed E-state index contributed by atoms with van der Waals surface area (Å²) >= 11 is 0. The van der Waals surface area contributed by atoms with E-state index in [0.29, 0.717) is 6.54 Å². The minimum atomic E-state index is -1.01. The smallest absolute Gasteiger partial charge is 0.408 e.